The molecule has 0 bridgehead atoms. The van der Waals surface area contributed by atoms with E-state index in [0.717, 1.165) is 24.0 Å². The lowest BCUT2D eigenvalue weighted by molar-refractivity contribution is -0.198. The molecule has 0 aromatic heterocycles. The van der Waals surface area contributed by atoms with Crippen molar-refractivity contribution in [2.24, 2.45) is 16.6 Å². The Morgan fingerprint density at radius 3 is 2.74 bits per heavy atom. The van der Waals surface area contributed by atoms with Crippen LogP contribution in [0.4, 0.5) is 4.39 Å². The van der Waals surface area contributed by atoms with Crippen LogP contribution in [0.15, 0.2) is 41.4 Å². The second-order valence-electron chi connectivity index (χ2n) is 9.89. The Bertz CT molecular complexity index is 1190. The molecule has 7 nitrogen and oxygen atoms in total. The van der Waals surface area contributed by atoms with Gasteiger partial charge in [-0.1, -0.05) is 12.1 Å². The molecule has 2 aromatic carbocycles. The maximum Gasteiger partial charge on any atom is 0.221 e. The Morgan fingerprint density at radius 1 is 1.24 bits per heavy atom. The van der Waals surface area contributed by atoms with E-state index in [2.05, 4.69) is 19.9 Å². The van der Waals surface area contributed by atoms with Crippen LogP contribution in [0.2, 0.25) is 0 Å². The number of hydrogen-bond donors (Lipinski definition) is 1. The molecule has 3 heterocycles. The van der Waals surface area contributed by atoms with E-state index in [1.54, 1.807) is 25.2 Å². The summed E-state index contributed by atoms with van der Waals surface area (Å²) < 4.78 is 26.2. The van der Waals surface area contributed by atoms with Crippen molar-refractivity contribution < 1.29 is 18.7 Å². The van der Waals surface area contributed by atoms with Crippen LogP contribution in [0.5, 0.6) is 5.75 Å². The monoisotopic (exact) mass is 464 g/mol. The van der Waals surface area contributed by atoms with Gasteiger partial charge in [0.25, 0.3) is 0 Å². The number of alkyl halides is 1. The van der Waals surface area contributed by atoms with Gasteiger partial charge >= 0.3 is 0 Å². The van der Waals surface area contributed by atoms with Crippen LogP contribution < -0.4 is 10.5 Å². The summed E-state index contributed by atoms with van der Waals surface area (Å²) in [6.07, 6.45) is 2.15. The van der Waals surface area contributed by atoms with E-state index < -0.39 is 12.4 Å². The van der Waals surface area contributed by atoms with Crippen molar-refractivity contribution in [1.82, 2.24) is 5.06 Å². The van der Waals surface area contributed by atoms with E-state index in [1.165, 1.54) is 5.06 Å². The molecule has 178 valence electrons. The zero-order chi connectivity index (χ0) is 24.1. The summed E-state index contributed by atoms with van der Waals surface area (Å²) in [5, 5.41) is 10.8. The minimum absolute atomic E-state index is 0.118. The number of hydrogen-bond acceptors (Lipinski definition) is 7. The molecule has 1 fully saturated rings. The Kier molecular flexibility index (Phi) is 5.50. The van der Waals surface area contributed by atoms with Crippen molar-refractivity contribution in [2.45, 2.75) is 57.2 Å². The molecule has 1 saturated heterocycles. The molecule has 0 radical (unpaired) electrons. The van der Waals surface area contributed by atoms with Gasteiger partial charge < -0.3 is 15.2 Å². The van der Waals surface area contributed by atoms with Crippen molar-refractivity contribution in [1.29, 1.82) is 5.26 Å². The third-order valence-electron chi connectivity index (χ3n) is 7.02. The van der Waals surface area contributed by atoms with Gasteiger partial charge in [0.15, 0.2) is 0 Å². The Hall–Kier alpha value is -3.15. The summed E-state index contributed by atoms with van der Waals surface area (Å²) >= 11 is 0. The maximum atomic E-state index is 13.8. The molecule has 0 aliphatic carbocycles. The number of nitrogens with zero attached hydrogens (tertiary/aromatic N) is 3. The summed E-state index contributed by atoms with van der Waals surface area (Å²) in [6, 6.07) is 12.8. The van der Waals surface area contributed by atoms with Gasteiger partial charge in [0.2, 0.25) is 11.7 Å². The van der Waals surface area contributed by atoms with E-state index in [4.69, 9.17) is 25.0 Å². The third-order valence-corrected chi connectivity index (χ3v) is 7.02. The second-order valence-corrected chi connectivity index (χ2v) is 9.89. The van der Waals surface area contributed by atoms with Crippen LogP contribution in [0.25, 0.3) is 11.1 Å². The summed E-state index contributed by atoms with van der Waals surface area (Å²) in [5.41, 5.74) is 8.06. The smallest absolute Gasteiger partial charge is 0.221 e. The largest absolute Gasteiger partial charge is 0.489 e. The summed E-state index contributed by atoms with van der Waals surface area (Å²) in [7, 11) is 1.73. The summed E-state index contributed by atoms with van der Waals surface area (Å²) in [4.78, 5) is 11.0. The van der Waals surface area contributed by atoms with Crippen molar-refractivity contribution in [3.63, 3.8) is 0 Å². The summed E-state index contributed by atoms with van der Waals surface area (Å²) in [6.45, 7) is 4.26. The molecule has 8 heteroatoms. The normalized spacial score (nSPS) is 27.6. The van der Waals surface area contributed by atoms with Crippen LogP contribution in [0.3, 0.4) is 0 Å². The fraction of sp³-hybridized carbons (Fsp3) is 0.462. The second kappa shape index (κ2) is 8.26. The average molecular weight is 465 g/mol. The van der Waals surface area contributed by atoms with Gasteiger partial charge in [-0.2, -0.15) is 5.26 Å². The van der Waals surface area contributed by atoms with Gasteiger partial charge in [0, 0.05) is 26.0 Å². The first-order chi connectivity index (χ1) is 16.2. The van der Waals surface area contributed by atoms with Crippen molar-refractivity contribution in [3.05, 3.63) is 53.1 Å². The van der Waals surface area contributed by atoms with E-state index in [1.807, 2.05) is 18.2 Å². The number of aliphatic imine (C=N–C) groups is 1. The number of halogens is 1. The zero-order valence-corrected chi connectivity index (χ0v) is 19.7. The molecule has 3 aliphatic rings. The first kappa shape index (κ1) is 22.6. The molecule has 0 amide bonds. The Labute approximate surface area is 198 Å². The number of nitrogens with two attached hydrogens (primary N) is 1. The highest BCUT2D eigenvalue weighted by Crippen LogP contribution is 2.50. The highest BCUT2D eigenvalue weighted by Gasteiger charge is 2.51. The molecular weight excluding hydrogens is 435 g/mol. The number of rotatable bonds is 3. The minimum atomic E-state index is -1.03. The fourth-order valence-electron chi connectivity index (χ4n) is 5.32. The molecule has 3 aliphatic heterocycles. The molecule has 5 rings (SSSR count). The average Bonchev–Trinajstić information content (AvgIpc) is 3.10. The van der Waals surface area contributed by atoms with Crippen LogP contribution >= 0.6 is 0 Å². The Balaban J connectivity index is 1.59. The standard InChI is InChI=1S/C26H29FN4O3/c1-25(2)12-18(8-9-32-25)23-13-26(30-24(29)31(3)34-26)21-11-17(6-7-22(21)33-23)20-10-16(15-28)4-5-19(20)14-27/h4-7,10-11,18,23H,8-9,12-14H2,1-3H3,(H2,29,30). The fourth-order valence-corrected chi connectivity index (χ4v) is 5.32. The number of hydroxylamine groups is 2. The zero-order valence-electron chi connectivity index (χ0n) is 19.7. The molecule has 34 heavy (non-hydrogen) atoms. The van der Waals surface area contributed by atoms with Crippen molar-refractivity contribution in [2.75, 3.05) is 13.7 Å². The molecule has 3 unspecified atom stereocenters. The molecule has 3 atom stereocenters. The lowest BCUT2D eigenvalue weighted by Gasteiger charge is -2.44. The van der Waals surface area contributed by atoms with E-state index >= 15 is 0 Å². The van der Waals surface area contributed by atoms with Gasteiger partial charge in [-0.15, -0.1) is 0 Å². The lowest BCUT2D eigenvalue weighted by Crippen LogP contribution is -2.46. The molecule has 1 spiro atoms. The predicted octanol–water partition coefficient (Wildman–Crippen LogP) is 4.40. The first-order valence-electron chi connectivity index (χ1n) is 11.6. The van der Waals surface area contributed by atoms with E-state index in [0.29, 0.717) is 41.4 Å². The first-order valence-corrected chi connectivity index (χ1v) is 11.6. The van der Waals surface area contributed by atoms with Gasteiger partial charge in [-0.25, -0.2) is 19.3 Å². The Morgan fingerprint density at radius 2 is 2.06 bits per heavy atom. The van der Waals surface area contributed by atoms with Crippen LogP contribution in [0.1, 0.15) is 49.8 Å². The maximum absolute atomic E-state index is 13.8. The van der Waals surface area contributed by atoms with Gasteiger partial charge in [-0.05, 0) is 67.6 Å². The van der Waals surface area contributed by atoms with E-state index in [9.17, 15) is 9.65 Å². The van der Waals surface area contributed by atoms with Crippen LogP contribution in [-0.2, 0) is 22.0 Å². The van der Waals surface area contributed by atoms with Crippen molar-refractivity contribution >= 4 is 5.96 Å². The van der Waals surface area contributed by atoms with Crippen molar-refractivity contribution in [3.8, 4) is 22.9 Å². The number of ether oxygens (including phenoxy) is 2. The van der Waals surface area contributed by atoms with Gasteiger partial charge in [-0.3, -0.25) is 0 Å². The minimum Gasteiger partial charge on any atom is -0.489 e. The molecule has 2 aromatic rings. The number of benzene rings is 2. The highest BCUT2D eigenvalue weighted by atomic mass is 19.1. The molecule has 0 saturated carbocycles. The number of guanidine groups is 1. The summed E-state index contributed by atoms with van der Waals surface area (Å²) in [5.74, 6) is 1.25. The van der Waals surface area contributed by atoms with E-state index in [-0.39, 0.29) is 17.6 Å². The SMILES string of the molecule is CN1OC2(CC(C3CCOC(C)(C)C3)Oc3ccc(-c4cc(C#N)ccc4CF)cc32)N=C1N. The third kappa shape index (κ3) is 3.89. The molecule has 2 N–H and O–H groups in total. The van der Waals surface area contributed by atoms with Crippen LogP contribution in [-0.4, -0.2) is 36.4 Å². The predicted molar refractivity (Wildman–Crippen MR) is 125 cm³/mol. The van der Waals surface area contributed by atoms with Gasteiger partial charge in [0.05, 0.1) is 22.8 Å². The molecular formula is C26H29FN4O3. The highest BCUT2D eigenvalue weighted by molar-refractivity contribution is 5.79. The van der Waals surface area contributed by atoms with Crippen LogP contribution in [0, 0.1) is 17.2 Å². The topological polar surface area (TPSA) is 93.1 Å². The lowest BCUT2D eigenvalue weighted by atomic mass is 9.79. The number of nitriles is 1. The quantitative estimate of drug-likeness (QED) is 0.724. The number of fused-ring (bicyclic) bond motifs is 2. The van der Waals surface area contributed by atoms with Gasteiger partial charge in [0.1, 0.15) is 18.5 Å².